The molecule has 150 valence electrons. The molecule has 5 rings (SSSR count). The summed E-state index contributed by atoms with van der Waals surface area (Å²) in [6, 6.07) is 9.22. The molecule has 2 N–H and O–H groups in total. The predicted octanol–water partition coefficient (Wildman–Crippen LogP) is 4.51. The molecule has 7 nitrogen and oxygen atoms in total. The summed E-state index contributed by atoms with van der Waals surface area (Å²) in [6.45, 7) is 2.43. The van der Waals surface area contributed by atoms with Crippen molar-refractivity contribution in [3.8, 4) is 17.3 Å². The topological polar surface area (TPSA) is 96.5 Å². The molecule has 0 atom stereocenters. The number of aryl methyl sites for hydroxylation is 1. The Kier molecular flexibility index (Phi) is 4.72. The van der Waals surface area contributed by atoms with Crippen LogP contribution in [-0.4, -0.2) is 31.5 Å². The Bertz CT molecular complexity index is 1440. The van der Waals surface area contributed by atoms with Gasteiger partial charge >= 0.3 is 0 Å². The minimum atomic E-state index is -0.251. The molecule has 0 aliphatic carbocycles. The Hall–Kier alpha value is -3.23. The molecule has 0 fully saturated rings. The number of fused-ring (bicyclic) bond motifs is 2. The first-order valence-corrected chi connectivity index (χ1v) is 10.5. The fourth-order valence-electron chi connectivity index (χ4n) is 3.48. The summed E-state index contributed by atoms with van der Waals surface area (Å²) >= 11 is 7.55. The van der Waals surface area contributed by atoms with E-state index in [0.29, 0.717) is 45.7 Å². The number of H-pyrrole nitrogens is 2. The highest BCUT2D eigenvalue weighted by atomic mass is 35.5. The Morgan fingerprint density at radius 1 is 1.23 bits per heavy atom. The third-order valence-corrected chi connectivity index (χ3v) is 5.85. The maximum absolute atomic E-state index is 12.2. The van der Waals surface area contributed by atoms with E-state index in [1.807, 2.05) is 25.1 Å². The van der Waals surface area contributed by atoms with Crippen LogP contribution in [0.3, 0.4) is 0 Å². The van der Waals surface area contributed by atoms with Gasteiger partial charge in [-0.3, -0.25) is 4.79 Å². The first-order chi connectivity index (χ1) is 14.6. The van der Waals surface area contributed by atoms with Gasteiger partial charge in [0, 0.05) is 34.2 Å². The first-order valence-electron chi connectivity index (χ1n) is 9.29. The highest BCUT2D eigenvalue weighted by Crippen LogP contribution is 2.28. The predicted molar refractivity (Wildman–Crippen MR) is 119 cm³/mol. The fourth-order valence-corrected chi connectivity index (χ4v) is 4.30. The number of pyridine rings is 1. The minimum Gasteiger partial charge on any atom is -0.476 e. The number of aromatic nitrogens is 5. The molecule has 1 aromatic carbocycles. The highest BCUT2D eigenvalue weighted by molar-refractivity contribution is 7.16. The zero-order valence-corrected chi connectivity index (χ0v) is 17.5. The quantitative estimate of drug-likeness (QED) is 0.421. The van der Waals surface area contributed by atoms with Gasteiger partial charge in [-0.1, -0.05) is 11.6 Å². The van der Waals surface area contributed by atoms with Crippen LogP contribution in [0.1, 0.15) is 11.3 Å². The summed E-state index contributed by atoms with van der Waals surface area (Å²) in [6.07, 6.45) is 2.24. The van der Waals surface area contributed by atoms with E-state index < -0.39 is 0 Å². The van der Waals surface area contributed by atoms with Gasteiger partial charge < -0.3 is 14.7 Å². The molecule has 4 aromatic heterocycles. The van der Waals surface area contributed by atoms with Crippen LogP contribution in [0.4, 0.5) is 0 Å². The average Bonchev–Trinajstić information content (AvgIpc) is 3.33. The van der Waals surface area contributed by atoms with E-state index >= 15 is 0 Å². The van der Waals surface area contributed by atoms with Gasteiger partial charge in [-0.25, -0.2) is 9.97 Å². The number of benzene rings is 1. The van der Waals surface area contributed by atoms with Crippen LogP contribution >= 0.6 is 22.9 Å². The molecule has 0 saturated carbocycles. The van der Waals surface area contributed by atoms with Gasteiger partial charge in [-0.05, 0) is 42.8 Å². The number of rotatable bonds is 5. The Morgan fingerprint density at radius 3 is 3.00 bits per heavy atom. The van der Waals surface area contributed by atoms with E-state index in [-0.39, 0.29) is 5.56 Å². The lowest BCUT2D eigenvalue weighted by Gasteiger charge is -2.08. The molecule has 0 spiro atoms. The van der Waals surface area contributed by atoms with Crippen molar-refractivity contribution in [3.63, 3.8) is 0 Å². The maximum Gasteiger partial charge on any atom is 0.259 e. The van der Waals surface area contributed by atoms with Crippen molar-refractivity contribution in [1.29, 1.82) is 0 Å². The normalized spacial score (nSPS) is 11.4. The maximum atomic E-state index is 12.2. The third-order valence-electron chi connectivity index (χ3n) is 4.90. The van der Waals surface area contributed by atoms with E-state index in [0.717, 1.165) is 22.2 Å². The first kappa shape index (κ1) is 18.8. The van der Waals surface area contributed by atoms with Crippen molar-refractivity contribution < 1.29 is 4.74 Å². The molecule has 0 saturated heterocycles. The second-order valence-electron chi connectivity index (χ2n) is 6.79. The van der Waals surface area contributed by atoms with Gasteiger partial charge in [-0.15, -0.1) is 11.3 Å². The van der Waals surface area contributed by atoms with E-state index in [2.05, 4.69) is 24.9 Å². The van der Waals surface area contributed by atoms with Crippen LogP contribution in [0.2, 0.25) is 5.02 Å². The number of nitrogens with zero attached hydrogens (tertiary/aromatic N) is 3. The number of halogens is 1. The van der Waals surface area contributed by atoms with Gasteiger partial charge in [-0.2, -0.15) is 4.98 Å². The van der Waals surface area contributed by atoms with Gasteiger partial charge in [0.15, 0.2) is 16.2 Å². The number of hydrogen-bond donors (Lipinski definition) is 2. The van der Waals surface area contributed by atoms with Crippen molar-refractivity contribution in [2.45, 2.75) is 13.3 Å². The lowest BCUT2D eigenvalue weighted by Crippen LogP contribution is -2.10. The summed E-state index contributed by atoms with van der Waals surface area (Å²) in [5, 5.41) is 1.78. The van der Waals surface area contributed by atoms with E-state index in [1.165, 1.54) is 11.3 Å². The van der Waals surface area contributed by atoms with Crippen LogP contribution in [0.25, 0.3) is 32.6 Å². The number of ether oxygens (including phenoxy) is 1. The second-order valence-corrected chi connectivity index (χ2v) is 8.06. The summed E-state index contributed by atoms with van der Waals surface area (Å²) < 4.78 is 6.02. The Morgan fingerprint density at radius 2 is 2.13 bits per heavy atom. The number of aromatic amines is 2. The Labute approximate surface area is 179 Å². The average molecular weight is 438 g/mol. The Balaban J connectivity index is 1.46. The molecule has 0 amide bonds. The molecule has 4 heterocycles. The van der Waals surface area contributed by atoms with E-state index in [1.54, 1.807) is 23.8 Å². The summed E-state index contributed by atoms with van der Waals surface area (Å²) in [5.74, 6) is 0.689. The van der Waals surface area contributed by atoms with Crippen molar-refractivity contribution in [2.75, 3.05) is 6.61 Å². The molecular weight excluding hydrogens is 422 g/mol. The lowest BCUT2D eigenvalue weighted by molar-refractivity contribution is 0.313. The van der Waals surface area contributed by atoms with Crippen LogP contribution in [0, 0.1) is 6.92 Å². The molecule has 0 aliphatic heterocycles. The third kappa shape index (κ3) is 3.34. The zero-order valence-electron chi connectivity index (χ0n) is 15.9. The number of thiazole rings is 1. The molecule has 5 aromatic rings. The second kappa shape index (κ2) is 7.55. The monoisotopic (exact) mass is 437 g/mol. The van der Waals surface area contributed by atoms with Crippen LogP contribution in [0.15, 0.2) is 46.8 Å². The lowest BCUT2D eigenvalue weighted by atomic mass is 10.1. The fraction of sp³-hybridized carbons (Fsp3) is 0.143. The van der Waals surface area contributed by atoms with E-state index in [9.17, 15) is 4.79 Å². The zero-order chi connectivity index (χ0) is 20.7. The molecule has 0 bridgehead atoms. The smallest absolute Gasteiger partial charge is 0.259 e. The van der Waals surface area contributed by atoms with Gasteiger partial charge in [0.2, 0.25) is 5.88 Å². The number of nitrogens with one attached hydrogen (secondary N) is 2. The molecular formula is C21H16ClN5O2S. The number of hydrogen-bond acceptors (Lipinski definition) is 6. The van der Waals surface area contributed by atoms with Gasteiger partial charge in [0.1, 0.15) is 0 Å². The van der Waals surface area contributed by atoms with Crippen molar-refractivity contribution in [3.05, 3.63) is 68.7 Å². The summed E-state index contributed by atoms with van der Waals surface area (Å²) in [4.78, 5) is 32.1. The van der Waals surface area contributed by atoms with Crippen molar-refractivity contribution >= 4 is 44.2 Å². The van der Waals surface area contributed by atoms with Crippen LogP contribution in [0.5, 0.6) is 5.88 Å². The summed E-state index contributed by atoms with van der Waals surface area (Å²) in [7, 11) is 0. The molecule has 9 heteroatoms. The largest absolute Gasteiger partial charge is 0.476 e. The van der Waals surface area contributed by atoms with Crippen LogP contribution < -0.4 is 10.3 Å². The highest BCUT2D eigenvalue weighted by Gasteiger charge is 2.16. The van der Waals surface area contributed by atoms with Crippen molar-refractivity contribution in [1.82, 2.24) is 24.9 Å². The summed E-state index contributed by atoms with van der Waals surface area (Å²) in [5.41, 5.74) is 5.69. The van der Waals surface area contributed by atoms with Gasteiger partial charge in [0.25, 0.3) is 5.56 Å². The standard InChI is InChI=1S/C21H16ClN5O2S/c1-11-13(15-9-12(22)4-5-16(15)25-11)6-8-29-20-17-21(30-10-24-17)27-18(26-20)14-3-2-7-23-19(14)28/h2-5,7,9-10,25H,6,8H2,1H3,(H,23,28). The molecule has 30 heavy (non-hydrogen) atoms. The minimum absolute atomic E-state index is 0.251. The molecule has 0 aliphatic rings. The van der Waals surface area contributed by atoms with Crippen LogP contribution in [-0.2, 0) is 6.42 Å². The van der Waals surface area contributed by atoms with E-state index in [4.69, 9.17) is 16.3 Å². The molecule has 0 radical (unpaired) electrons. The van der Waals surface area contributed by atoms with Crippen molar-refractivity contribution in [2.24, 2.45) is 0 Å². The van der Waals surface area contributed by atoms with Gasteiger partial charge in [0.05, 0.1) is 17.7 Å². The SMILES string of the molecule is Cc1[nH]c2ccc(Cl)cc2c1CCOc1nc(-c2ccc[nH]c2=O)nc2scnc12. The molecule has 0 unspecified atom stereocenters.